The first kappa shape index (κ1) is 10.9. The van der Waals surface area contributed by atoms with Crippen LogP contribution < -0.4 is 0 Å². The van der Waals surface area contributed by atoms with Crippen molar-refractivity contribution < 1.29 is 13.5 Å². The molecular weight excluding hydrogens is 176 g/mol. The fourth-order valence-corrected chi connectivity index (χ4v) is 1.76. The second kappa shape index (κ2) is 4.86. The zero-order chi connectivity index (χ0) is 9.84. The minimum Gasteiger partial charge on any atom is -0.378 e. The number of halogens is 2. The standard InChI is InChI=1S/C9H17F2NO/c1-7(2)12-3-4-13-6-8(12)5-9(10)11/h7-9H,3-6H2,1-2H3. The number of alkyl halides is 2. The molecule has 1 saturated heterocycles. The Morgan fingerprint density at radius 3 is 2.69 bits per heavy atom. The summed E-state index contributed by atoms with van der Waals surface area (Å²) in [4.78, 5) is 2.09. The summed E-state index contributed by atoms with van der Waals surface area (Å²) in [5, 5.41) is 0. The van der Waals surface area contributed by atoms with Gasteiger partial charge in [-0.05, 0) is 13.8 Å². The van der Waals surface area contributed by atoms with Crippen LogP contribution in [0.4, 0.5) is 8.78 Å². The molecule has 0 radical (unpaired) electrons. The first-order chi connectivity index (χ1) is 6.11. The Hall–Kier alpha value is -0.220. The number of rotatable bonds is 3. The van der Waals surface area contributed by atoms with Gasteiger partial charge in [0.25, 0.3) is 0 Å². The summed E-state index contributed by atoms with van der Waals surface area (Å²) in [6.45, 7) is 5.95. The Balaban J connectivity index is 2.46. The molecule has 0 bridgehead atoms. The van der Waals surface area contributed by atoms with Crippen LogP contribution in [0.5, 0.6) is 0 Å². The Labute approximate surface area is 77.9 Å². The van der Waals surface area contributed by atoms with Gasteiger partial charge in [-0.15, -0.1) is 0 Å². The van der Waals surface area contributed by atoms with Crippen molar-refractivity contribution in [1.29, 1.82) is 0 Å². The Kier molecular flexibility index (Phi) is 4.06. The summed E-state index contributed by atoms with van der Waals surface area (Å²) in [6.07, 6.45) is -2.30. The van der Waals surface area contributed by atoms with Gasteiger partial charge in [-0.1, -0.05) is 0 Å². The summed E-state index contributed by atoms with van der Waals surface area (Å²) >= 11 is 0. The predicted molar refractivity (Wildman–Crippen MR) is 47.1 cm³/mol. The van der Waals surface area contributed by atoms with E-state index in [4.69, 9.17) is 4.74 Å². The van der Waals surface area contributed by atoms with Gasteiger partial charge in [0.05, 0.1) is 13.2 Å². The van der Waals surface area contributed by atoms with Crippen LogP contribution in [0.3, 0.4) is 0 Å². The number of nitrogens with zero attached hydrogens (tertiary/aromatic N) is 1. The van der Waals surface area contributed by atoms with Crippen molar-refractivity contribution >= 4 is 0 Å². The van der Waals surface area contributed by atoms with Gasteiger partial charge in [0.1, 0.15) is 0 Å². The first-order valence-corrected chi connectivity index (χ1v) is 4.73. The molecule has 0 aromatic carbocycles. The van der Waals surface area contributed by atoms with E-state index in [1.807, 2.05) is 13.8 Å². The van der Waals surface area contributed by atoms with Gasteiger partial charge in [0, 0.05) is 25.0 Å². The largest absolute Gasteiger partial charge is 0.378 e. The van der Waals surface area contributed by atoms with Crippen LogP contribution in [-0.4, -0.2) is 43.2 Å². The van der Waals surface area contributed by atoms with E-state index in [1.165, 1.54) is 0 Å². The highest BCUT2D eigenvalue weighted by atomic mass is 19.3. The molecule has 1 rings (SSSR count). The van der Waals surface area contributed by atoms with Crippen molar-refractivity contribution in [2.75, 3.05) is 19.8 Å². The molecule has 1 aliphatic heterocycles. The van der Waals surface area contributed by atoms with E-state index in [1.54, 1.807) is 0 Å². The molecule has 1 unspecified atom stereocenters. The van der Waals surface area contributed by atoms with Crippen molar-refractivity contribution in [3.05, 3.63) is 0 Å². The molecule has 0 amide bonds. The molecule has 1 fully saturated rings. The van der Waals surface area contributed by atoms with E-state index in [9.17, 15) is 8.78 Å². The van der Waals surface area contributed by atoms with Crippen LogP contribution in [0, 0.1) is 0 Å². The van der Waals surface area contributed by atoms with Crippen LogP contribution in [0.25, 0.3) is 0 Å². The monoisotopic (exact) mass is 193 g/mol. The van der Waals surface area contributed by atoms with Gasteiger partial charge in [-0.25, -0.2) is 8.78 Å². The molecule has 1 atom stereocenters. The summed E-state index contributed by atoms with van der Waals surface area (Å²) in [5.74, 6) is 0. The highest BCUT2D eigenvalue weighted by molar-refractivity contribution is 4.78. The molecule has 0 aromatic rings. The van der Waals surface area contributed by atoms with Crippen molar-refractivity contribution in [3.63, 3.8) is 0 Å². The van der Waals surface area contributed by atoms with Crippen molar-refractivity contribution in [1.82, 2.24) is 4.90 Å². The third-order valence-corrected chi connectivity index (χ3v) is 2.39. The van der Waals surface area contributed by atoms with Crippen molar-refractivity contribution in [2.24, 2.45) is 0 Å². The molecule has 4 heteroatoms. The Bertz CT molecular complexity index is 153. The maximum absolute atomic E-state index is 12.2. The lowest BCUT2D eigenvalue weighted by Crippen LogP contribution is -2.49. The zero-order valence-electron chi connectivity index (χ0n) is 8.17. The molecule has 0 saturated carbocycles. The summed E-state index contributed by atoms with van der Waals surface area (Å²) < 4.78 is 29.5. The average Bonchev–Trinajstić information content (AvgIpc) is 2.03. The van der Waals surface area contributed by atoms with Gasteiger partial charge >= 0.3 is 0 Å². The molecule has 13 heavy (non-hydrogen) atoms. The lowest BCUT2D eigenvalue weighted by atomic mass is 10.1. The van der Waals surface area contributed by atoms with E-state index < -0.39 is 6.43 Å². The Morgan fingerprint density at radius 2 is 2.15 bits per heavy atom. The van der Waals surface area contributed by atoms with Crippen molar-refractivity contribution in [3.8, 4) is 0 Å². The minimum atomic E-state index is -2.23. The third-order valence-electron chi connectivity index (χ3n) is 2.39. The number of morpholine rings is 1. The molecule has 2 nitrogen and oxygen atoms in total. The smallest absolute Gasteiger partial charge is 0.240 e. The van der Waals surface area contributed by atoms with E-state index in [2.05, 4.69) is 4.90 Å². The second-order valence-corrected chi connectivity index (χ2v) is 3.69. The van der Waals surface area contributed by atoms with Crippen LogP contribution in [-0.2, 0) is 4.74 Å². The molecular formula is C9H17F2NO. The lowest BCUT2D eigenvalue weighted by Gasteiger charge is -2.38. The van der Waals surface area contributed by atoms with Crippen LogP contribution in [0.15, 0.2) is 0 Å². The van der Waals surface area contributed by atoms with E-state index in [0.29, 0.717) is 19.3 Å². The molecule has 0 aliphatic carbocycles. The van der Waals surface area contributed by atoms with Gasteiger partial charge in [0.2, 0.25) is 6.43 Å². The van der Waals surface area contributed by atoms with Gasteiger partial charge in [-0.2, -0.15) is 0 Å². The quantitative estimate of drug-likeness (QED) is 0.677. The SMILES string of the molecule is CC(C)N1CCOCC1CC(F)F. The maximum atomic E-state index is 12.2. The number of ether oxygens (including phenoxy) is 1. The van der Waals surface area contributed by atoms with E-state index >= 15 is 0 Å². The normalized spacial score (nSPS) is 25.8. The maximum Gasteiger partial charge on any atom is 0.240 e. The minimum absolute atomic E-state index is 0.0713. The zero-order valence-corrected chi connectivity index (χ0v) is 8.17. The molecule has 0 spiro atoms. The molecule has 78 valence electrons. The van der Waals surface area contributed by atoms with Crippen LogP contribution in [0.1, 0.15) is 20.3 Å². The third kappa shape index (κ3) is 3.19. The topological polar surface area (TPSA) is 12.5 Å². The van der Waals surface area contributed by atoms with E-state index in [-0.39, 0.29) is 12.5 Å². The lowest BCUT2D eigenvalue weighted by molar-refractivity contribution is -0.0436. The molecule has 1 aliphatic rings. The fourth-order valence-electron chi connectivity index (χ4n) is 1.76. The number of hydrogen-bond acceptors (Lipinski definition) is 2. The summed E-state index contributed by atoms with van der Waals surface area (Å²) in [7, 11) is 0. The molecule has 0 aromatic heterocycles. The number of hydrogen-bond donors (Lipinski definition) is 0. The average molecular weight is 193 g/mol. The van der Waals surface area contributed by atoms with Crippen LogP contribution >= 0.6 is 0 Å². The molecule has 0 N–H and O–H groups in total. The van der Waals surface area contributed by atoms with Gasteiger partial charge < -0.3 is 4.74 Å². The Morgan fingerprint density at radius 1 is 1.46 bits per heavy atom. The molecule has 1 heterocycles. The highest BCUT2D eigenvalue weighted by Crippen LogP contribution is 2.17. The summed E-state index contributed by atoms with van der Waals surface area (Å²) in [5.41, 5.74) is 0. The van der Waals surface area contributed by atoms with E-state index in [0.717, 1.165) is 6.54 Å². The van der Waals surface area contributed by atoms with Gasteiger partial charge in [-0.3, -0.25) is 4.90 Å². The predicted octanol–water partition coefficient (Wildman–Crippen LogP) is 1.75. The van der Waals surface area contributed by atoms with Crippen LogP contribution in [0.2, 0.25) is 0 Å². The van der Waals surface area contributed by atoms with Crippen molar-refractivity contribution in [2.45, 2.75) is 38.8 Å². The highest BCUT2D eigenvalue weighted by Gasteiger charge is 2.27. The summed E-state index contributed by atoms with van der Waals surface area (Å²) in [6, 6.07) is 0.224. The van der Waals surface area contributed by atoms with Gasteiger partial charge in [0.15, 0.2) is 0 Å². The second-order valence-electron chi connectivity index (χ2n) is 3.69. The fraction of sp³-hybridized carbons (Fsp3) is 1.00. The first-order valence-electron chi connectivity index (χ1n) is 4.73.